The predicted molar refractivity (Wildman–Crippen MR) is 126 cm³/mol. The normalized spacial score (nSPS) is 20.7. The van der Waals surface area contributed by atoms with E-state index < -0.39 is 22.9 Å². The minimum atomic E-state index is -4.52. The van der Waals surface area contributed by atoms with E-state index in [4.69, 9.17) is 0 Å². The van der Waals surface area contributed by atoms with Gasteiger partial charge in [0.05, 0.1) is 10.5 Å². The van der Waals surface area contributed by atoms with Gasteiger partial charge in [-0.15, -0.1) is 0 Å². The van der Waals surface area contributed by atoms with Crippen molar-refractivity contribution in [1.82, 2.24) is 5.32 Å². The maximum absolute atomic E-state index is 14.3. The van der Waals surface area contributed by atoms with Gasteiger partial charge in [0.2, 0.25) is 0 Å². The molecule has 1 fully saturated rings. The Balaban J connectivity index is 1.95. The SMILES string of the molecule is Cc1ccc(/C=C2/SC(=O)NC2=O)cc1-c1cc2c(cc1C(F)(F)F)C(C)(C)CCC2(C)C. The number of amides is 2. The Morgan fingerprint density at radius 2 is 1.55 bits per heavy atom. The number of fused-ring (bicyclic) bond motifs is 1. The molecule has 0 spiro atoms. The predicted octanol–water partition coefficient (Wildman–Crippen LogP) is 7.35. The summed E-state index contributed by atoms with van der Waals surface area (Å²) in [6, 6.07) is 8.21. The Hall–Kier alpha value is -2.54. The molecule has 0 aromatic heterocycles. The summed E-state index contributed by atoms with van der Waals surface area (Å²) in [6.07, 6.45) is -1.27. The van der Waals surface area contributed by atoms with E-state index in [9.17, 15) is 22.8 Å². The average molecular weight is 474 g/mol. The summed E-state index contributed by atoms with van der Waals surface area (Å²) in [4.78, 5) is 23.6. The van der Waals surface area contributed by atoms with Crippen LogP contribution in [0.3, 0.4) is 0 Å². The molecule has 1 heterocycles. The Kier molecular flexibility index (Phi) is 5.55. The summed E-state index contributed by atoms with van der Waals surface area (Å²) in [5.41, 5.74) is 2.34. The summed E-state index contributed by atoms with van der Waals surface area (Å²) < 4.78 is 42.9. The Labute approximate surface area is 195 Å². The van der Waals surface area contributed by atoms with Crippen LogP contribution in [-0.2, 0) is 21.8 Å². The Bertz CT molecular complexity index is 1210. The molecule has 0 atom stereocenters. The van der Waals surface area contributed by atoms with Crippen molar-refractivity contribution in [3.8, 4) is 11.1 Å². The smallest absolute Gasteiger partial charge is 0.282 e. The standard InChI is InChI=1S/C26H26F3NO2S/c1-14-6-7-15(11-21-22(31)30-23(32)33-21)10-16(14)17-12-19-20(13-18(17)26(27,28)29)25(4,5)9-8-24(19,2)3/h6-7,10-13H,8-9H2,1-5H3,(H,30,31,32)/b21-11+. The van der Waals surface area contributed by atoms with Crippen molar-refractivity contribution in [2.45, 2.75) is 64.5 Å². The molecule has 7 heteroatoms. The fraction of sp³-hybridized carbons (Fsp3) is 0.385. The zero-order valence-electron chi connectivity index (χ0n) is 19.2. The van der Waals surface area contributed by atoms with Gasteiger partial charge in [0, 0.05) is 0 Å². The third kappa shape index (κ3) is 4.35. The number of nitrogens with one attached hydrogen (secondary N) is 1. The molecule has 2 aromatic carbocycles. The maximum atomic E-state index is 14.3. The zero-order valence-corrected chi connectivity index (χ0v) is 20.1. The molecular formula is C26H26F3NO2S. The van der Waals surface area contributed by atoms with Crippen LogP contribution in [0, 0.1) is 6.92 Å². The minimum Gasteiger partial charge on any atom is -0.282 e. The number of alkyl halides is 3. The summed E-state index contributed by atoms with van der Waals surface area (Å²) in [5.74, 6) is -0.499. The van der Waals surface area contributed by atoms with Crippen molar-refractivity contribution in [2.24, 2.45) is 0 Å². The van der Waals surface area contributed by atoms with Gasteiger partial charge in [-0.2, -0.15) is 13.2 Å². The lowest BCUT2D eigenvalue weighted by molar-refractivity contribution is -0.137. The van der Waals surface area contributed by atoms with Gasteiger partial charge in [-0.25, -0.2) is 0 Å². The molecule has 0 bridgehead atoms. The lowest BCUT2D eigenvalue weighted by Gasteiger charge is -2.42. The van der Waals surface area contributed by atoms with E-state index in [0.717, 1.165) is 35.7 Å². The molecule has 1 aliphatic heterocycles. The first-order chi connectivity index (χ1) is 15.2. The number of carbonyl (C=O) groups is 2. The molecule has 174 valence electrons. The molecule has 4 rings (SSSR count). The summed E-state index contributed by atoms with van der Waals surface area (Å²) in [5, 5.41) is 1.73. The first-order valence-electron chi connectivity index (χ1n) is 10.8. The lowest BCUT2D eigenvalue weighted by Crippen LogP contribution is -2.34. The summed E-state index contributed by atoms with van der Waals surface area (Å²) in [6.45, 7) is 9.95. The molecule has 0 unspecified atom stereocenters. The fourth-order valence-electron chi connectivity index (χ4n) is 4.66. The number of imide groups is 1. The number of carbonyl (C=O) groups excluding carboxylic acids is 2. The maximum Gasteiger partial charge on any atom is 0.417 e. The monoisotopic (exact) mass is 473 g/mol. The van der Waals surface area contributed by atoms with Crippen molar-refractivity contribution in [1.29, 1.82) is 0 Å². The number of halogens is 3. The van der Waals surface area contributed by atoms with Crippen LogP contribution in [0.15, 0.2) is 35.2 Å². The van der Waals surface area contributed by atoms with Crippen molar-refractivity contribution < 1.29 is 22.8 Å². The number of hydrogen-bond acceptors (Lipinski definition) is 3. The van der Waals surface area contributed by atoms with Crippen molar-refractivity contribution in [3.05, 3.63) is 63.1 Å². The quantitative estimate of drug-likeness (QED) is 0.464. The molecule has 1 N–H and O–H groups in total. The zero-order chi connectivity index (χ0) is 24.3. The minimum absolute atomic E-state index is 0.143. The second kappa shape index (κ2) is 7.76. The first kappa shape index (κ1) is 23.6. The molecular weight excluding hydrogens is 447 g/mol. The van der Waals surface area contributed by atoms with E-state index in [1.165, 1.54) is 12.1 Å². The lowest BCUT2D eigenvalue weighted by atomic mass is 9.62. The summed E-state index contributed by atoms with van der Waals surface area (Å²) in [7, 11) is 0. The molecule has 1 aliphatic carbocycles. The largest absolute Gasteiger partial charge is 0.417 e. The van der Waals surface area contributed by atoms with E-state index in [0.29, 0.717) is 16.7 Å². The Morgan fingerprint density at radius 3 is 2.09 bits per heavy atom. The second-order valence-electron chi connectivity index (χ2n) is 10.1. The molecule has 0 saturated carbocycles. The van der Waals surface area contributed by atoms with Gasteiger partial charge in [0.25, 0.3) is 11.1 Å². The van der Waals surface area contributed by atoms with E-state index in [1.807, 2.05) is 13.8 Å². The molecule has 3 nitrogen and oxygen atoms in total. The highest BCUT2D eigenvalue weighted by atomic mass is 32.2. The highest BCUT2D eigenvalue weighted by Crippen LogP contribution is 2.50. The van der Waals surface area contributed by atoms with Crippen molar-refractivity contribution in [2.75, 3.05) is 0 Å². The van der Waals surface area contributed by atoms with Crippen LogP contribution in [-0.4, -0.2) is 11.1 Å². The Morgan fingerprint density at radius 1 is 0.939 bits per heavy atom. The van der Waals surface area contributed by atoms with Gasteiger partial charge in [-0.1, -0.05) is 39.8 Å². The van der Waals surface area contributed by atoms with Crippen LogP contribution in [0.2, 0.25) is 0 Å². The van der Waals surface area contributed by atoms with Crippen LogP contribution >= 0.6 is 11.8 Å². The molecule has 2 aliphatic rings. The molecule has 0 radical (unpaired) electrons. The van der Waals surface area contributed by atoms with Crippen LogP contribution in [0.25, 0.3) is 17.2 Å². The fourth-order valence-corrected chi connectivity index (χ4v) is 5.35. The van der Waals surface area contributed by atoms with Crippen molar-refractivity contribution in [3.63, 3.8) is 0 Å². The van der Waals surface area contributed by atoms with E-state index in [1.54, 1.807) is 31.2 Å². The number of hydrogen-bond donors (Lipinski definition) is 1. The van der Waals surface area contributed by atoms with Gasteiger partial charge in [-0.3, -0.25) is 14.9 Å². The van der Waals surface area contributed by atoms with Crippen molar-refractivity contribution >= 4 is 29.0 Å². The molecule has 2 aromatic rings. The van der Waals surface area contributed by atoms with Crippen LogP contribution in [0.4, 0.5) is 18.0 Å². The van der Waals surface area contributed by atoms with Gasteiger partial charge in [0.15, 0.2) is 0 Å². The van der Waals surface area contributed by atoms with E-state index >= 15 is 0 Å². The number of benzene rings is 2. The highest BCUT2D eigenvalue weighted by molar-refractivity contribution is 8.18. The average Bonchev–Trinajstić information content (AvgIpc) is 3.02. The van der Waals surface area contributed by atoms with Crippen LogP contribution < -0.4 is 5.32 Å². The molecule has 33 heavy (non-hydrogen) atoms. The third-order valence-electron chi connectivity index (χ3n) is 6.79. The van der Waals surface area contributed by atoms with E-state index in [2.05, 4.69) is 19.2 Å². The summed E-state index contributed by atoms with van der Waals surface area (Å²) >= 11 is 0.781. The third-order valence-corrected chi connectivity index (χ3v) is 7.60. The highest BCUT2D eigenvalue weighted by Gasteiger charge is 2.42. The van der Waals surface area contributed by atoms with Crippen LogP contribution in [0.5, 0.6) is 0 Å². The number of rotatable bonds is 2. The second-order valence-corrected chi connectivity index (χ2v) is 11.2. The van der Waals surface area contributed by atoms with Crippen LogP contribution in [0.1, 0.15) is 68.4 Å². The first-order valence-corrected chi connectivity index (χ1v) is 11.6. The van der Waals surface area contributed by atoms with Gasteiger partial charge in [0.1, 0.15) is 0 Å². The van der Waals surface area contributed by atoms with Gasteiger partial charge >= 0.3 is 6.18 Å². The number of aryl methyl sites for hydroxylation is 1. The topological polar surface area (TPSA) is 46.2 Å². The van der Waals surface area contributed by atoms with E-state index in [-0.39, 0.29) is 21.3 Å². The van der Waals surface area contributed by atoms with Gasteiger partial charge < -0.3 is 0 Å². The van der Waals surface area contributed by atoms with Gasteiger partial charge in [-0.05, 0) is 100 Å². The number of thioether (sulfide) groups is 1. The molecule has 2 amide bonds. The molecule has 1 saturated heterocycles.